The molecule has 0 atom stereocenters. The fourth-order valence-corrected chi connectivity index (χ4v) is 4.23. The van der Waals surface area contributed by atoms with Crippen LogP contribution >= 0.6 is 0 Å². The van der Waals surface area contributed by atoms with Gasteiger partial charge in [0.2, 0.25) is 0 Å². The molecule has 0 saturated carbocycles. The Hall–Kier alpha value is -3.66. The number of nitrogen functional groups attached to an aromatic ring is 2. The Kier molecular flexibility index (Phi) is 6.22. The van der Waals surface area contributed by atoms with E-state index in [2.05, 4.69) is 46.6 Å². The van der Waals surface area contributed by atoms with Crippen LogP contribution in [-0.2, 0) is 17.1 Å². The third-order valence-electron chi connectivity index (χ3n) is 5.67. The molecule has 0 aliphatic heterocycles. The van der Waals surface area contributed by atoms with Crippen LogP contribution in [0.4, 0.5) is 11.4 Å². The Labute approximate surface area is 197 Å². The predicted molar refractivity (Wildman–Crippen MR) is 130 cm³/mol. The topological polar surface area (TPSA) is 83.6 Å². The first-order chi connectivity index (χ1) is 15.2. The number of hydrogen-bond donors (Lipinski definition) is 4. The maximum atomic E-state index is 6.06. The molecule has 0 bridgehead atoms. The number of rotatable bonds is 3. The van der Waals surface area contributed by atoms with Crippen molar-refractivity contribution in [3.05, 3.63) is 120 Å². The Balaban J connectivity index is 0.000000363. The van der Waals surface area contributed by atoms with Crippen LogP contribution < -0.4 is 11.5 Å². The molecule has 0 aliphatic rings. The summed E-state index contributed by atoms with van der Waals surface area (Å²) in [6.45, 7) is 0. The molecule has 0 spiro atoms. The summed E-state index contributed by atoms with van der Waals surface area (Å²) in [4.78, 5) is 6.78. The Morgan fingerprint density at radius 1 is 0.688 bits per heavy atom. The molecule has 160 valence electrons. The summed E-state index contributed by atoms with van der Waals surface area (Å²) in [7, 11) is 0. The van der Waals surface area contributed by atoms with Gasteiger partial charge in [0.05, 0.1) is 0 Å². The van der Waals surface area contributed by atoms with E-state index >= 15 is 0 Å². The molecular weight excluding hydrogens is 436 g/mol. The van der Waals surface area contributed by atoms with E-state index in [1.165, 1.54) is 16.7 Å². The molecule has 2 heterocycles. The van der Waals surface area contributed by atoms with E-state index in [9.17, 15) is 0 Å². The van der Waals surface area contributed by atoms with Crippen LogP contribution in [0.25, 0.3) is 21.8 Å². The van der Waals surface area contributed by atoms with Crippen molar-refractivity contribution in [3.63, 3.8) is 0 Å². The van der Waals surface area contributed by atoms with Crippen LogP contribution in [0.3, 0.4) is 0 Å². The van der Waals surface area contributed by atoms with E-state index in [0.717, 1.165) is 33.2 Å². The number of anilines is 2. The number of benzene rings is 2. The van der Waals surface area contributed by atoms with Crippen molar-refractivity contribution >= 4 is 33.2 Å². The minimum absolute atomic E-state index is 0. The van der Waals surface area contributed by atoms with E-state index in [0.29, 0.717) is 0 Å². The molecule has 2 aromatic heterocycles. The number of aromatic amines is 2. The third-order valence-corrected chi connectivity index (χ3v) is 5.67. The largest absolute Gasteiger partial charge is 2.00 e. The monoisotopic (exact) mass is 460 g/mol. The van der Waals surface area contributed by atoms with Gasteiger partial charge in [0.25, 0.3) is 0 Å². The molecule has 0 radical (unpaired) electrons. The number of hydrogen-bond acceptors (Lipinski definition) is 2. The summed E-state index contributed by atoms with van der Waals surface area (Å²) in [5.41, 5.74) is 19.5. The van der Waals surface area contributed by atoms with Crippen LogP contribution in [0, 0.1) is 0 Å². The van der Waals surface area contributed by atoms with E-state index in [4.69, 9.17) is 11.5 Å². The average Bonchev–Trinajstić information content (AvgIpc) is 3.58. The summed E-state index contributed by atoms with van der Waals surface area (Å²) >= 11 is 0. The second-order valence-electron chi connectivity index (χ2n) is 7.71. The zero-order valence-electron chi connectivity index (χ0n) is 17.4. The fourth-order valence-electron chi connectivity index (χ4n) is 4.23. The molecule has 0 unspecified atom stereocenters. The molecule has 4 nitrogen and oxygen atoms in total. The molecule has 0 fully saturated rings. The smallest absolute Gasteiger partial charge is 0.399 e. The van der Waals surface area contributed by atoms with E-state index in [1.807, 2.05) is 66.7 Å². The summed E-state index contributed by atoms with van der Waals surface area (Å²) in [6, 6.07) is 30.5. The zero-order chi connectivity index (χ0) is 21.2. The number of nitrogens with two attached hydrogens (primary N) is 2. The summed E-state index contributed by atoms with van der Waals surface area (Å²) in [6.07, 6.45) is 4.18. The van der Waals surface area contributed by atoms with E-state index in [-0.39, 0.29) is 23.0 Å². The van der Waals surface area contributed by atoms with Gasteiger partial charge in [0.15, 0.2) is 0 Å². The van der Waals surface area contributed by atoms with E-state index < -0.39 is 0 Å². The second kappa shape index (κ2) is 9.23. The summed E-state index contributed by atoms with van der Waals surface area (Å²) in [5, 5.41) is 2.30. The number of H-pyrrole nitrogens is 2. The second-order valence-corrected chi connectivity index (χ2v) is 7.71. The average molecular weight is 460 g/mol. The van der Waals surface area contributed by atoms with E-state index in [1.54, 1.807) is 0 Å². The first kappa shape index (κ1) is 21.6. The predicted octanol–water partition coefficient (Wildman–Crippen LogP) is 6.12. The molecule has 0 amide bonds. The minimum Gasteiger partial charge on any atom is -0.399 e. The van der Waals surface area contributed by atoms with Crippen molar-refractivity contribution in [2.45, 2.75) is 5.92 Å². The van der Waals surface area contributed by atoms with Crippen LogP contribution in [-0.4, -0.2) is 9.97 Å². The zero-order valence-corrected chi connectivity index (χ0v) is 18.5. The minimum atomic E-state index is 0. The number of nitrogens with one attached hydrogen (secondary N) is 2. The fraction of sp³-hybridized carbons (Fsp3) is 0.0370. The number of aromatic nitrogens is 2. The van der Waals surface area contributed by atoms with Gasteiger partial charge in [-0.1, -0.05) is 0 Å². The molecule has 5 heteroatoms. The van der Waals surface area contributed by atoms with Crippen molar-refractivity contribution in [1.29, 1.82) is 0 Å². The van der Waals surface area contributed by atoms with Gasteiger partial charge in [-0.05, 0) is 47.5 Å². The van der Waals surface area contributed by atoms with Crippen LogP contribution in [0.2, 0.25) is 0 Å². The molecule has 4 aromatic carbocycles. The van der Waals surface area contributed by atoms with Crippen molar-refractivity contribution < 1.29 is 17.1 Å². The first-order valence-electron chi connectivity index (χ1n) is 10.3. The normalized spacial score (nSPS) is 10.8. The molecule has 0 saturated heterocycles. The Bertz CT molecular complexity index is 1310. The third kappa shape index (κ3) is 4.09. The van der Waals surface area contributed by atoms with Crippen molar-refractivity contribution in [1.82, 2.24) is 9.97 Å². The van der Waals surface area contributed by atoms with Crippen LogP contribution in [0.1, 0.15) is 22.6 Å². The summed E-state index contributed by atoms with van der Waals surface area (Å²) in [5.74, 6) is 0.0936. The molecule has 6 rings (SSSR count). The van der Waals surface area contributed by atoms with Gasteiger partial charge in [-0.2, -0.15) is 35.9 Å². The molecule has 6 aromatic rings. The van der Waals surface area contributed by atoms with Gasteiger partial charge in [0.1, 0.15) is 0 Å². The van der Waals surface area contributed by atoms with Crippen LogP contribution in [0.15, 0.2) is 103 Å². The van der Waals surface area contributed by atoms with Gasteiger partial charge in [-0.15, -0.1) is 0 Å². The van der Waals surface area contributed by atoms with Gasteiger partial charge in [-0.3, -0.25) is 0 Å². The molecule has 32 heavy (non-hydrogen) atoms. The van der Waals surface area contributed by atoms with Gasteiger partial charge < -0.3 is 21.4 Å². The molecular formula is C27H24FeN4. The summed E-state index contributed by atoms with van der Waals surface area (Å²) < 4.78 is 0. The van der Waals surface area contributed by atoms with Gasteiger partial charge >= 0.3 is 17.1 Å². The van der Waals surface area contributed by atoms with Crippen molar-refractivity contribution in [2.24, 2.45) is 0 Å². The maximum absolute atomic E-state index is 6.06. The number of fused-ring (bicyclic) bond motifs is 2. The standard InChI is InChI=1S/C22H19N4.C5H5.Fe/c23-14-5-7-20-16(9-14)18(11-25-20)22(13-3-1-2-4-13)19-12-26-21-8-6-15(24)10-17(19)21;1-2-4-5-3-1;/h1-12,22,25-26H,23-24H2;1-5H;/q2*-1;+2. The maximum Gasteiger partial charge on any atom is 2.00 e. The van der Waals surface area contributed by atoms with Gasteiger partial charge in [-0.25, -0.2) is 24.3 Å². The SMILES string of the molecule is Nc1ccc2[nH]cc(C(c3ccc[cH-]3)c3c[nH]c4ccc(N)cc34)c2c1.[Fe+2].c1cc[cH-]c1. The molecule has 6 N–H and O–H groups in total. The molecule has 0 aliphatic carbocycles. The quantitative estimate of drug-likeness (QED) is 0.146. The van der Waals surface area contributed by atoms with Gasteiger partial charge in [0, 0.05) is 51.5 Å². The van der Waals surface area contributed by atoms with Crippen molar-refractivity contribution in [3.8, 4) is 0 Å². The first-order valence-corrected chi connectivity index (χ1v) is 10.3. The van der Waals surface area contributed by atoms with Crippen molar-refractivity contribution in [2.75, 3.05) is 11.5 Å². The van der Waals surface area contributed by atoms with Crippen LogP contribution in [0.5, 0.6) is 0 Å². The Morgan fingerprint density at radius 2 is 1.25 bits per heavy atom. The Morgan fingerprint density at radius 3 is 1.69 bits per heavy atom.